The molecule has 3 atom stereocenters. The molecular weight excluding hydrogens is 463 g/mol. The minimum Gasteiger partial charge on any atom is -0.371 e. The molecule has 0 radical (unpaired) electrons. The van der Waals surface area contributed by atoms with Crippen LogP contribution in [-0.4, -0.2) is 61.8 Å². The number of nitrogens with two attached hydrogens (primary N) is 1. The average Bonchev–Trinajstić information content (AvgIpc) is 2.91. The maximum atomic E-state index is 14.8. The van der Waals surface area contributed by atoms with Crippen LogP contribution in [-0.2, 0) is 16.0 Å². The van der Waals surface area contributed by atoms with Crippen LogP contribution in [0.5, 0.6) is 0 Å². The molecule has 4 nitrogen and oxygen atoms in total. The first-order valence-corrected chi connectivity index (χ1v) is 11.1. The quantitative estimate of drug-likeness (QED) is 0.385. The molecule has 3 unspecified atom stereocenters. The van der Waals surface area contributed by atoms with Crippen LogP contribution in [0.15, 0.2) is 36.4 Å². The summed E-state index contributed by atoms with van der Waals surface area (Å²) < 4.78 is 73.8. The molecule has 0 aliphatic carbocycles. The van der Waals surface area contributed by atoms with E-state index >= 15 is 0 Å². The van der Waals surface area contributed by atoms with Crippen LogP contribution < -0.4 is 5.73 Å². The van der Waals surface area contributed by atoms with Crippen LogP contribution in [0.1, 0.15) is 12.0 Å². The topological polar surface area (TPSA) is 55.6 Å². The fourth-order valence-corrected chi connectivity index (χ4v) is 3.65. The Balaban J connectivity index is 0.000000411. The second kappa shape index (κ2) is 11.9. The van der Waals surface area contributed by atoms with Crippen molar-refractivity contribution in [3.8, 4) is 11.1 Å². The van der Waals surface area contributed by atoms with Crippen LogP contribution in [0.3, 0.4) is 0 Å². The predicted molar refractivity (Wildman–Crippen MR) is 120 cm³/mol. The van der Waals surface area contributed by atoms with Gasteiger partial charge in [-0.3, -0.25) is 4.90 Å². The minimum absolute atomic E-state index is 0.0110. The van der Waals surface area contributed by atoms with Crippen molar-refractivity contribution in [1.29, 1.82) is 0 Å². The Kier molecular flexibility index (Phi) is 9.84. The summed E-state index contributed by atoms with van der Waals surface area (Å²) in [6, 6.07) is 4.97. The van der Waals surface area contributed by atoms with Gasteiger partial charge in [0.1, 0.15) is 29.8 Å². The highest BCUT2D eigenvalue weighted by Gasteiger charge is 2.51. The number of carbonyl (C=O) groups is 1. The fraction of sp³-hybridized carbons (Fsp3) is 0.435. The van der Waals surface area contributed by atoms with Gasteiger partial charge in [-0.2, -0.15) is 12.6 Å². The minimum atomic E-state index is -3.04. The number of thiol groups is 1. The van der Waals surface area contributed by atoms with E-state index in [4.69, 9.17) is 10.5 Å². The lowest BCUT2D eigenvalue weighted by Gasteiger charge is -2.23. The first kappa shape index (κ1) is 27.2. The van der Waals surface area contributed by atoms with Gasteiger partial charge in [0.15, 0.2) is 0 Å². The molecule has 0 bridgehead atoms. The van der Waals surface area contributed by atoms with E-state index in [0.717, 1.165) is 31.4 Å². The number of benzene rings is 2. The number of likely N-dealkylation sites (tertiary alicyclic amines) is 1. The molecule has 0 spiro atoms. The molecule has 10 heteroatoms. The normalized spacial score (nSPS) is 23.5. The fourth-order valence-electron chi connectivity index (χ4n) is 3.65. The van der Waals surface area contributed by atoms with Crippen molar-refractivity contribution in [3.05, 3.63) is 59.4 Å². The van der Waals surface area contributed by atoms with Gasteiger partial charge in [-0.15, -0.1) is 0 Å². The third-order valence-electron chi connectivity index (χ3n) is 5.50. The molecule has 4 rings (SSSR count). The predicted octanol–water partition coefficient (Wildman–Crippen LogP) is 4.11. The second-order valence-corrected chi connectivity index (χ2v) is 7.74. The molecule has 2 aliphatic rings. The average molecular weight is 491 g/mol. The van der Waals surface area contributed by atoms with E-state index in [1.807, 2.05) is 0 Å². The van der Waals surface area contributed by atoms with Crippen molar-refractivity contribution in [2.45, 2.75) is 37.0 Å². The van der Waals surface area contributed by atoms with Gasteiger partial charge >= 0.3 is 0 Å². The van der Waals surface area contributed by atoms with E-state index in [1.54, 1.807) is 6.26 Å². The third kappa shape index (κ3) is 6.75. The van der Waals surface area contributed by atoms with Crippen LogP contribution in [0, 0.1) is 17.5 Å². The monoisotopic (exact) mass is 490 g/mol. The maximum Gasteiger partial charge on any atom is 0.276 e. The van der Waals surface area contributed by atoms with E-state index in [9.17, 15) is 26.7 Å². The first-order chi connectivity index (χ1) is 15.6. The third-order valence-corrected chi connectivity index (χ3v) is 5.50. The second-order valence-electron chi connectivity index (χ2n) is 7.74. The smallest absolute Gasteiger partial charge is 0.276 e. The van der Waals surface area contributed by atoms with Gasteiger partial charge in [-0.1, -0.05) is 18.2 Å². The summed E-state index contributed by atoms with van der Waals surface area (Å²) in [4.78, 5) is 11.1. The number of aldehydes is 1. The summed E-state index contributed by atoms with van der Waals surface area (Å²) in [5.74, 6) is -5.38. The van der Waals surface area contributed by atoms with E-state index < -0.39 is 42.0 Å². The SMILES string of the molecule is CN1CC(F)(F)C(N)C1Cc1cccc(-c2cc(F)cc(F)c2)c1F.CS.O=CC1CCO1. The highest BCUT2D eigenvalue weighted by atomic mass is 32.1. The summed E-state index contributed by atoms with van der Waals surface area (Å²) >= 11 is 3.53. The highest BCUT2D eigenvalue weighted by Crippen LogP contribution is 2.33. The zero-order valence-corrected chi connectivity index (χ0v) is 19.2. The van der Waals surface area contributed by atoms with Crippen molar-refractivity contribution in [2.24, 2.45) is 5.73 Å². The number of rotatable bonds is 4. The van der Waals surface area contributed by atoms with E-state index in [-0.39, 0.29) is 29.2 Å². The summed E-state index contributed by atoms with van der Waals surface area (Å²) in [6.07, 6.45) is 3.36. The van der Waals surface area contributed by atoms with Crippen LogP contribution in [0.2, 0.25) is 0 Å². The molecule has 2 aromatic rings. The molecule has 2 aliphatic heterocycles. The van der Waals surface area contributed by atoms with Gasteiger partial charge in [-0.25, -0.2) is 22.0 Å². The number of halogens is 5. The van der Waals surface area contributed by atoms with Crippen LogP contribution in [0.4, 0.5) is 22.0 Å². The van der Waals surface area contributed by atoms with Crippen LogP contribution in [0.25, 0.3) is 11.1 Å². The van der Waals surface area contributed by atoms with Crippen molar-refractivity contribution in [3.63, 3.8) is 0 Å². The molecule has 2 saturated heterocycles. The van der Waals surface area contributed by atoms with E-state index in [2.05, 4.69) is 12.6 Å². The van der Waals surface area contributed by atoms with Gasteiger partial charge in [-0.05, 0) is 43.0 Å². The molecule has 33 heavy (non-hydrogen) atoms. The van der Waals surface area contributed by atoms with Crippen LogP contribution >= 0.6 is 12.6 Å². The molecule has 2 N–H and O–H groups in total. The summed E-state index contributed by atoms with van der Waals surface area (Å²) in [7, 11) is 1.51. The van der Waals surface area contributed by atoms with Gasteiger partial charge in [0.25, 0.3) is 5.92 Å². The molecule has 0 aromatic heterocycles. The maximum absolute atomic E-state index is 14.8. The van der Waals surface area contributed by atoms with Gasteiger partial charge in [0.05, 0.1) is 19.2 Å². The van der Waals surface area contributed by atoms with Crippen molar-refractivity contribution < 1.29 is 31.5 Å². The van der Waals surface area contributed by atoms with Gasteiger partial charge < -0.3 is 15.3 Å². The zero-order chi connectivity index (χ0) is 24.8. The molecule has 2 aromatic carbocycles. The largest absolute Gasteiger partial charge is 0.371 e. The Morgan fingerprint density at radius 1 is 1.18 bits per heavy atom. The first-order valence-electron chi connectivity index (χ1n) is 10.2. The Morgan fingerprint density at radius 2 is 1.79 bits per heavy atom. The molecule has 182 valence electrons. The number of nitrogens with zero attached hydrogens (tertiary/aromatic N) is 1. The standard InChI is InChI=1S/C18H17F5N2.C4H6O2.CH4S/c1-25-9-18(22,23)17(24)15(25)7-10-3-2-4-14(16(10)21)11-5-12(19)8-13(20)6-11;5-3-4-1-2-6-4;1-2/h2-6,8,15,17H,7,9,24H2,1H3;3-4H,1-2H2;2H,1H3. The van der Waals surface area contributed by atoms with E-state index in [0.29, 0.717) is 6.07 Å². The molecule has 0 amide bonds. The Labute approximate surface area is 195 Å². The van der Waals surface area contributed by atoms with Crippen molar-refractivity contribution >= 4 is 18.9 Å². The number of carbonyl (C=O) groups excluding carboxylic acids is 1. The molecule has 2 fully saturated rings. The summed E-state index contributed by atoms with van der Waals surface area (Å²) in [5.41, 5.74) is 5.85. The van der Waals surface area contributed by atoms with Gasteiger partial charge in [0.2, 0.25) is 0 Å². The lowest BCUT2D eigenvalue weighted by molar-refractivity contribution is -0.129. The Hall–Kier alpha value is -2.01. The number of hydrogen-bond donors (Lipinski definition) is 2. The Morgan fingerprint density at radius 3 is 2.21 bits per heavy atom. The summed E-state index contributed by atoms with van der Waals surface area (Å²) in [5, 5.41) is 0. The molecule has 0 saturated carbocycles. The molecule has 2 heterocycles. The van der Waals surface area contributed by atoms with Crippen molar-refractivity contribution in [1.82, 2.24) is 4.90 Å². The number of likely N-dealkylation sites (N-methyl/N-ethyl adjacent to an activating group) is 1. The van der Waals surface area contributed by atoms with Gasteiger partial charge in [0, 0.05) is 24.1 Å². The lowest BCUT2D eigenvalue weighted by Crippen LogP contribution is -2.45. The van der Waals surface area contributed by atoms with Crippen molar-refractivity contribution in [2.75, 3.05) is 26.5 Å². The number of hydrogen-bond acceptors (Lipinski definition) is 5. The number of ether oxygens (including phenoxy) is 1. The lowest BCUT2D eigenvalue weighted by atomic mass is 9.95. The van der Waals surface area contributed by atoms with E-state index in [1.165, 1.54) is 30.1 Å². The number of alkyl halides is 2. The zero-order valence-electron chi connectivity index (χ0n) is 18.3. The molecular formula is C23H27F5N2O2S. The highest BCUT2D eigenvalue weighted by molar-refractivity contribution is 7.79. The Bertz CT molecular complexity index is 923. The summed E-state index contributed by atoms with van der Waals surface area (Å²) in [6.45, 7) is 0.276.